The Kier molecular flexibility index (Phi) is 3.20. The number of nitrogens with two attached hydrogens (primary N) is 1. The lowest BCUT2D eigenvalue weighted by Gasteiger charge is -2.09. The first-order valence-electron chi connectivity index (χ1n) is 4.45. The summed E-state index contributed by atoms with van der Waals surface area (Å²) < 4.78 is 0. The molecule has 1 rings (SSSR count). The maximum absolute atomic E-state index is 5.91. The van der Waals surface area contributed by atoms with Crippen molar-refractivity contribution in [3.63, 3.8) is 0 Å². The van der Waals surface area contributed by atoms with E-state index in [0.29, 0.717) is 0 Å². The van der Waals surface area contributed by atoms with Crippen LogP contribution in [0, 0.1) is 13.8 Å². The molecule has 1 atom stereocenters. The van der Waals surface area contributed by atoms with Gasteiger partial charge in [-0.25, -0.2) is 0 Å². The first-order valence-corrected chi connectivity index (χ1v) is 4.45. The van der Waals surface area contributed by atoms with E-state index in [0.717, 1.165) is 17.8 Å². The summed E-state index contributed by atoms with van der Waals surface area (Å²) in [5, 5.41) is 0. The molecule has 13 heavy (non-hydrogen) atoms. The molecule has 1 heterocycles. The Labute approximate surface area is 79.5 Å². The van der Waals surface area contributed by atoms with Crippen LogP contribution in [-0.2, 0) is 0 Å². The minimum atomic E-state index is -0.0175. The molecule has 0 aromatic carbocycles. The van der Waals surface area contributed by atoms with Crippen LogP contribution in [0.15, 0.2) is 24.8 Å². The van der Waals surface area contributed by atoms with Crippen molar-refractivity contribution in [1.82, 2.24) is 4.98 Å². The normalized spacial score (nSPS) is 12.5. The van der Waals surface area contributed by atoms with Crippen molar-refractivity contribution >= 4 is 0 Å². The van der Waals surface area contributed by atoms with E-state index in [2.05, 4.69) is 18.5 Å². The van der Waals surface area contributed by atoms with Gasteiger partial charge >= 0.3 is 0 Å². The van der Waals surface area contributed by atoms with Crippen molar-refractivity contribution in [1.29, 1.82) is 0 Å². The lowest BCUT2D eigenvalue weighted by atomic mass is 10.1. The van der Waals surface area contributed by atoms with E-state index in [-0.39, 0.29) is 6.04 Å². The molecule has 70 valence electrons. The van der Waals surface area contributed by atoms with Crippen molar-refractivity contribution in [3.8, 4) is 0 Å². The summed E-state index contributed by atoms with van der Waals surface area (Å²) in [6.07, 6.45) is 2.60. The Morgan fingerprint density at radius 1 is 1.54 bits per heavy atom. The van der Waals surface area contributed by atoms with Gasteiger partial charge in [-0.3, -0.25) is 4.98 Å². The molecular formula is C11H16N2. The molecule has 0 aliphatic rings. The molecule has 1 aromatic heterocycles. The monoisotopic (exact) mass is 176 g/mol. The highest BCUT2D eigenvalue weighted by Gasteiger charge is 2.05. The molecule has 0 aliphatic carbocycles. The van der Waals surface area contributed by atoms with Crippen molar-refractivity contribution in [3.05, 3.63) is 41.7 Å². The topological polar surface area (TPSA) is 38.9 Å². The lowest BCUT2D eigenvalue weighted by molar-refractivity contribution is 0.709. The number of aryl methyl sites for hydroxylation is 2. The van der Waals surface area contributed by atoms with Gasteiger partial charge in [0.2, 0.25) is 0 Å². The highest BCUT2D eigenvalue weighted by Crippen LogP contribution is 2.14. The van der Waals surface area contributed by atoms with Crippen molar-refractivity contribution in [2.24, 2.45) is 5.73 Å². The first-order chi connectivity index (χ1) is 6.13. The summed E-state index contributed by atoms with van der Waals surface area (Å²) in [6, 6.07) is 4.06. The summed E-state index contributed by atoms with van der Waals surface area (Å²) >= 11 is 0. The molecule has 0 saturated carbocycles. The summed E-state index contributed by atoms with van der Waals surface area (Å²) in [6.45, 7) is 7.70. The molecule has 2 heteroatoms. The maximum Gasteiger partial charge on any atom is 0.0579 e. The van der Waals surface area contributed by atoms with Crippen molar-refractivity contribution in [2.45, 2.75) is 26.3 Å². The third kappa shape index (κ3) is 2.67. The van der Waals surface area contributed by atoms with E-state index in [1.807, 2.05) is 25.1 Å². The predicted molar refractivity (Wildman–Crippen MR) is 55.5 cm³/mol. The van der Waals surface area contributed by atoms with Crippen molar-refractivity contribution < 1.29 is 0 Å². The molecule has 1 aromatic rings. The van der Waals surface area contributed by atoms with Crippen LogP contribution in [0.5, 0.6) is 0 Å². The van der Waals surface area contributed by atoms with Gasteiger partial charge in [0.1, 0.15) is 0 Å². The molecule has 0 spiro atoms. The second-order valence-corrected chi connectivity index (χ2v) is 3.34. The Hall–Kier alpha value is -1.15. The van der Waals surface area contributed by atoms with Crippen LogP contribution in [0.2, 0.25) is 0 Å². The van der Waals surface area contributed by atoms with Gasteiger partial charge in [-0.1, -0.05) is 6.08 Å². The average Bonchev–Trinajstić information content (AvgIpc) is 2.03. The fourth-order valence-electron chi connectivity index (χ4n) is 1.36. The molecule has 0 fully saturated rings. The SMILES string of the molecule is C=CCC(N)c1cc(C)cc(C)n1. The van der Waals surface area contributed by atoms with E-state index in [4.69, 9.17) is 5.73 Å². The van der Waals surface area contributed by atoms with Gasteiger partial charge in [0.15, 0.2) is 0 Å². The Morgan fingerprint density at radius 3 is 2.77 bits per heavy atom. The van der Waals surface area contributed by atoms with Crippen LogP contribution in [0.1, 0.15) is 29.4 Å². The van der Waals surface area contributed by atoms with Crippen LogP contribution >= 0.6 is 0 Å². The van der Waals surface area contributed by atoms with Gasteiger partial charge in [0.05, 0.1) is 11.7 Å². The molecule has 0 amide bonds. The zero-order valence-corrected chi connectivity index (χ0v) is 8.25. The van der Waals surface area contributed by atoms with Crippen molar-refractivity contribution in [2.75, 3.05) is 0 Å². The number of hydrogen-bond donors (Lipinski definition) is 1. The summed E-state index contributed by atoms with van der Waals surface area (Å²) in [7, 11) is 0. The number of nitrogens with zero attached hydrogens (tertiary/aromatic N) is 1. The van der Waals surface area contributed by atoms with E-state index in [1.54, 1.807) is 0 Å². The molecule has 0 radical (unpaired) electrons. The third-order valence-corrected chi connectivity index (χ3v) is 1.92. The van der Waals surface area contributed by atoms with Gasteiger partial charge in [0.25, 0.3) is 0 Å². The predicted octanol–water partition coefficient (Wildman–Crippen LogP) is 2.27. The highest BCUT2D eigenvalue weighted by molar-refractivity contribution is 5.21. The molecule has 2 N–H and O–H groups in total. The third-order valence-electron chi connectivity index (χ3n) is 1.92. The van der Waals surface area contributed by atoms with Crippen LogP contribution in [0.4, 0.5) is 0 Å². The molecule has 0 saturated heterocycles. The number of pyridine rings is 1. The minimum Gasteiger partial charge on any atom is -0.322 e. The van der Waals surface area contributed by atoms with Gasteiger partial charge in [-0.05, 0) is 38.0 Å². The summed E-state index contributed by atoms with van der Waals surface area (Å²) in [5.74, 6) is 0. The second-order valence-electron chi connectivity index (χ2n) is 3.34. The van der Waals surface area contributed by atoms with Crippen LogP contribution in [0.3, 0.4) is 0 Å². The van der Waals surface area contributed by atoms with Crippen LogP contribution < -0.4 is 5.73 Å². The lowest BCUT2D eigenvalue weighted by Crippen LogP contribution is -2.11. The van der Waals surface area contributed by atoms with Gasteiger partial charge < -0.3 is 5.73 Å². The molecular weight excluding hydrogens is 160 g/mol. The van der Waals surface area contributed by atoms with Gasteiger partial charge in [-0.2, -0.15) is 0 Å². The summed E-state index contributed by atoms with van der Waals surface area (Å²) in [5.41, 5.74) is 9.10. The number of aromatic nitrogens is 1. The van der Waals surface area contributed by atoms with E-state index in [1.165, 1.54) is 5.56 Å². The molecule has 2 nitrogen and oxygen atoms in total. The van der Waals surface area contributed by atoms with Crippen LogP contribution in [-0.4, -0.2) is 4.98 Å². The maximum atomic E-state index is 5.91. The second kappa shape index (κ2) is 4.19. The first kappa shape index (κ1) is 9.93. The van der Waals surface area contributed by atoms with Crippen LogP contribution in [0.25, 0.3) is 0 Å². The quantitative estimate of drug-likeness (QED) is 0.717. The fraction of sp³-hybridized carbons (Fsp3) is 0.364. The molecule has 0 bridgehead atoms. The number of hydrogen-bond acceptors (Lipinski definition) is 2. The fourth-order valence-corrected chi connectivity index (χ4v) is 1.36. The van der Waals surface area contributed by atoms with E-state index >= 15 is 0 Å². The molecule has 1 unspecified atom stereocenters. The highest BCUT2D eigenvalue weighted by atomic mass is 14.8. The average molecular weight is 176 g/mol. The molecule has 0 aliphatic heterocycles. The Bertz CT molecular complexity index is 285. The smallest absolute Gasteiger partial charge is 0.0579 e. The van der Waals surface area contributed by atoms with E-state index < -0.39 is 0 Å². The van der Waals surface area contributed by atoms with E-state index in [9.17, 15) is 0 Å². The Morgan fingerprint density at radius 2 is 2.23 bits per heavy atom. The van der Waals surface area contributed by atoms with Gasteiger partial charge in [-0.15, -0.1) is 6.58 Å². The number of rotatable bonds is 3. The Balaban J connectivity index is 2.93. The minimum absolute atomic E-state index is 0.0175. The standard InChI is InChI=1S/C11H16N2/c1-4-5-10(12)11-7-8(2)6-9(3)13-11/h4,6-7,10H,1,5,12H2,2-3H3. The summed E-state index contributed by atoms with van der Waals surface area (Å²) in [4.78, 5) is 4.38. The zero-order chi connectivity index (χ0) is 9.84. The zero-order valence-electron chi connectivity index (χ0n) is 8.25. The van der Waals surface area contributed by atoms with Gasteiger partial charge in [0, 0.05) is 5.69 Å². The largest absolute Gasteiger partial charge is 0.322 e.